The lowest BCUT2D eigenvalue weighted by Crippen LogP contribution is -2.34. The Morgan fingerprint density at radius 2 is 2.00 bits per heavy atom. The molecule has 0 saturated carbocycles. The molecule has 1 aromatic heterocycles. The van der Waals surface area contributed by atoms with Gasteiger partial charge < -0.3 is 14.4 Å². The van der Waals surface area contributed by atoms with Gasteiger partial charge in [0.1, 0.15) is 11.5 Å². The highest BCUT2D eigenvalue weighted by atomic mass is 32.1. The molecule has 0 unspecified atom stereocenters. The second kappa shape index (κ2) is 8.24. The highest BCUT2D eigenvalue weighted by Crippen LogP contribution is 2.17. The lowest BCUT2D eigenvalue weighted by Gasteiger charge is -2.20. The van der Waals surface area contributed by atoms with Gasteiger partial charge in [0.2, 0.25) is 0 Å². The van der Waals surface area contributed by atoms with Crippen molar-refractivity contribution in [3.05, 3.63) is 59.3 Å². The van der Waals surface area contributed by atoms with Crippen molar-refractivity contribution in [2.75, 3.05) is 20.3 Å². The molecule has 0 saturated heterocycles. The monoisotopic (exact) mass is 317 g/mol. The molecule has 1 aromatic carbocycles. The summed E-state index contributed by atoms with van der Waals surface area (Å²) in [6, 6.07) is 11.1. The minimum atomic E-state index is -0.0656. The number of carbonyl (C=O) groups excluding carboxylic acids is 1. The van der Waals surface area contributed by atoms with E-state index in [0.29, 0.717) is 18.8 Å². The quantitative estimate of drug-likeness (QED) is 0.701. The summed E-state index contributed by atoms with van der Waals surface area (Å²) in [6.07, 6.45) is 1.72. The van der Waals surface area contributed by atoms with Crippen LogP contribution in [-0.4, -0.2) is 31.1 Å². The molecule has 1 heterocycles. The molecule has 0 radical (unpaired) electrons. The molecule has 0 spiro atoms. The summed E-state index contributed by atoms with van der Waals surface area (Å²) in [7, 11) is 1.61. The third kappa shape index (κ3) is 4.63. The van der Waals surface area contributed by atoms with Crippen molar-refractivity contribution in [1.29, 1.82) is 0 Å². The van der Waals surface area contributed by atoms with E-state index in [0.717, 1.165) is 10.6 Å². The first kappa shape index (κ1) is 16.1. The van der Waals surface area contributed by atoms with Crippen LogP contribution in [0.1, 0.15) is 4.88 Å². The van der Waals surface area contributed by atoms with Crippen LogP contribution < -0.4 is 9.47 Å². The van der Waals surface area contributed by atoms with Crippen molar-refractivity contribution in [2.45, 2.75) is 6.54 Å². The second-order valence-corrected chi connectivity index (χ2v) is 5.64. The molecule has 2 rings (SSSR count). The Labute approximate surface area is 134 Å². The van der Waals surface area contributed by atoms with Crippen LogP contribution in [0.15, 0.2) is 54.4 Å². The first-order valence-corrected chi connectivity index (χ1v) is 7.79. The minimum Gasteiger partial charge on any atom is -0.497 e. The topological polar surface area (TPSA) is 38.8 Å². The number of hydrogen-bond donors (Lipinski definition) is 0. The van der Waals surface area contributed by atoms with Gasteiger partial charge in [0.15, 0.2) is 6.61 Å². The molecule has 0 N–H and O–H groups in total. The van der Waals surface area contributed by atoms with Crippen LogP contribution >= 0.6 is 11.3 Å². The zero-order valence-electron chi connectivity index (χ0n) is 12.5. The number of rotatable bonds is 8. The van der Waals surface area contributed by atoms with Crippen molar-refractivity contribution in [2.24, 2.45) is 0 Å². The first-order chi connectivity index (χ1) is 10.7. The predicted octanol–water partition coefficient (Wildman–Crippen LogP) is 3.35. The molecule has 0 atom stereocenters. The molecular formula is C17H19NO3S. The van der Waals surface area contributed by atoms with E-state index in [1.807, 2.05) is 17.5 Å². The fraction of sp³-hybridized carbons (Fsp3) is 0.235. The Balaban J connectivity index is 1.90. The molecule has 5 heteroatoms. The molecule has 116 valence electrons. The molecule has 0 aliphatic carbocycles. The van der Waals surface area contributed by atoms with Crippen LogP contribution in [0.4, 0.5) is 0 Å². The Hall–Kier alpha value is -2.27. The van der Waals surface area contributed by atoms with E-state index in [9.17, 15) is 4.79 Å². The van der Waals surface area contributed by atoms with Crippen LogP contribution in [-0.2, 0) is 11.3 Å². The van der Waals surface area contributed by atoms with E-state index >= 15 is 0 Å². The van der Waals surface area contributed by atoms with Crippen LogP contribution in [0.3, 0.4) is 0 Å². The van der Waals surface area contributed by atoms with Crippen molar-refractivity contribution in [3.63, 3.8) is 0 Å². The average molecular weight is 317 g/mol. The number of thiophene rings is 1. The zero-order chi connectivity index (χ0) is 15.8. The van der Waals surface area contributed by atoms with Crippen LogP contribution in [0, 0.1) is 0 Å². The standard InChI is InChI=1S/C17H19NO3S/c1-3-10-18(12-16-5-4-11-22-16)17(19)13-21-15-8-6-14(20-2)7-9-15/h3-9,11H,1,10,12-13H2,2H3. The van der Waals surface area contributed by atoms with Crippen molar-refractivity contribution in [3.8, 4) is 11.5 Å². The summed E-state index contributed by atoms with van der Waals surface area (Å²) >= 11 is 1.63. The van der Waals surface area contributed by atoms with E-state index in [1.54, 1.807) is 53.7 Å². The summed E-state index contributed by atoms with van der Waals surface area (Å²) in [4.78, 5) is 15.2. The van der Waals surface area contributed by atoms with E-state index < -0.39 is 0 Å². The number of carbonyl (C=O) groups is 1. The van der Waals surface area contributed by atoms with E-state index in [-0.39, 0.29) is 12.5 Å². The predicted molar refractivity (Wildman–Crippen MR) is 88.4 cm³/mol. The van der Waals surface area contributed by atoms with Crippen molar-refractivity contribution < 1.29 is 14.3 Å². The number of methoxy groups -OCH3 is 1. The van der Waals surface area contributed by atoms with E-state index in [4.69, 9.17) is 9.47 Å². The van der Waals surface area contributed by atoms with E-state index in [2.05, 4.69) is 6.58 Å². The van der Waals surface area contributed by atoms with Gasteiger partial charge in [-0.25, -0.2) is 0 Å². The SMILES string of the molecule is C=CCN(Cc1cccs1)C(=O)COc1ccc(OC)cc1. The van der Waals surface area contributed by atoms with Crippen LogP contribution in [0.5, 0.6) is 11.5 Å². The molecular weight excluding hydrogens is 298 g/mol. The third-order valence-electron chi connectivity index (χ3n) is 3.05. The normalized spacial score (nSPS) is 10.0. The van der Waals surface area contributed by atoms with Gasteiger partial charge in [-0.2, -0.15) is 0 Å². The Bertz CT molecular complexity index is 593. The third-order valence-corrected chi connectivity index (χ3v) is 3.91. The number of hydrogen-bond acceptors (Lipinski definition) is 4. The van der Waals surface area contributed by atoms with Gasteiger partial charge in [-0.15, -0.1) is 17.9 Å². The lowest BCUT2D eigenvalue weighted by atomic mass is 10.3. The van der Waals surface area contributed by atoms with Gasteiger partial charge in [-0.1, -0.05) is 12.1 Å². The Morgan fingerprint density at radius 3 is 2.59 bits per heavy atom. The van der Waals surface area contributed by atoms with Gasteiger partial charge in [0, 0.05) is 11.4 Å². The fourth-order valence-electron chi connectivity index (χ4n) is 1.91. The maximum absolute atomic E-state index is 12.3. The zero-order valence-corrected chi connectivity index (χ0v) is 13.3. The van der Waals surface area contributed by atoms with E-state index in [1.165, 1.54) is 0 Å². The molecule has 1 amide bonds. The smallest absolute Gasteiger partial charge is 0.261 e. The van der Waals surface area contributed by atoms with Gasteiger partial charge in [-0.3, -0.25) is 4.79 Å². The molecule has 0 aliphatic rings. The molecule has 0 bridgehead atoms. The summed E-state index contributed by atoms with van der Waals surface area (Å²) in [5, 5.41) is 2.00. The number of nitrogens with zero attached hydrogens (tertiary/aromatic N) is 1. The molecule has 2 aromatic rings. The Kier molecular flexibility index (Phi) is 6.03. The maximum Gasteiger partial charge on any atom is 0.261 e. The number of benzene rings is 1. The van der Waals surface area contributed by atoms with Gasteiger partial charge in [0.05, 0.1) is 13.7 Å². The van der Waals surface area contributed by atoms with Crippen molar-refractivity contribution in [1.82, 2.24) is 4.90 Å². The molecule has 22 heavy (non-hydrogen) atoms. The molecule has 0 fully saturated rings. The first-order valence-electron chi connectivity index (χ1n) is 6.91. The second-order valence-electron chi connectivity index (χ2n) is 4.61. The number of amides is 1. The van der Waals surface area contributed by atoms with Gasteiger partial charge in [-0.05, 0) is 35.7 Å². The summed E-state index contributed by atoms with van der Waals surface area (Å²) in [5.74, 6) is 1.33. The molecule has 4 nitrogen and oxygen atoms in total. The largest absolute Gasteiger partial charge is 0.497 e. The average Bonchev–Trinajstić information content (AvgIpc) is 3.06. The van der Waals surface area contributed by atoms with Crippen LogP contribution in [0.2, 0.25) is 0 Å². The number of ether oxygens (including phenoxy) is 2. The lowest BCUT2D eigenvalue weighted by molar-refractivity contribution is -0.133. The van der Waals surface area contributed by atoms with Gasteiger partial charge in [0.25, 0.3) is 5.91 Å². The summed E-state index contributed by atoms with van der Waals surface area (Å²) in [6.45, 7) is 4.79. The van der Waals surface area contributed by atoms with Gasteiger partial charge >= 0.3 is 0 Å². The fourth-order valence-corrected chi connectivity index (χ4v) is 2.63. The molecule has 0 aliphatic heterocycles. The summed E-state index contributed by atoms with van der Waals surface area (Å²) < 4.78 is 10.6. The van der Waals surface area contributed by atoms with Crippen molar-refractivity contribution >= 4 is 17.2 Å². The van der Waals surface area contributed by atoms with Crippen LogP contribution in [0.25, 0.3) is 0 Å². The Morgan fingerprint density at radius 1 is 1.27 bits per heavy atom. The highest BCUT2D eigenvalue weighted by Gasteiger charge is 2.14. The minimum absolute atomic E-state index is 0.00550. The maximum atomic E-state index is 12.3. The summed E-state index contributed by atoms with van der Waals surface area (Å²) in [5.41, 5.74) is 0. The highest BCUT2D eigenvalue weighted by molar-refractivity contribution is 7.09.